The second-order valence-electron chi connectivity index (χ2n) is 6.95. The number of likely N-dealkylation sites (N-methyl/N-ethyl adjacent to an activating group) is 1. The summed E-state index contributed by atoms with van der Waals surface area (Å²) in [6.45, 7) is 4.23. The number of urea groups is 1. The van der Waals surface area contributed by atoms with Crippen molar-refractivity contribution >= 4 is 27.4 Å². The normalized spacial score (nSPS) is 11.2. The Morgan fingerprint density at radius 3 is 2.10 bits per heavy atom. The van der Waals surface area contributed by atoms with E-state index in [0.29, 0.717) is 12.2 Å². The van der Waals surface area contributed by atoms with Crippen LogP contribution in [0.1, 0.15) is 5.56 Å². The van der Waals surface area contributed by atoms with E-state index in [-0.39, 0.29) is 17.5 Å². The topological polar surface area (TPSA) is 73.0 Å². The summed E-state index contributed by atoms with van der Waals surface area (Å²) in [5, 5.41) is 2.78. The Morgan fingerprint density at radius 2 is 1.59 bits per heavy atom. The Bertz CT molecular complexity index is 939. The van der Waals surface area contributed by atoms with E-state index in [1.54, 1.807) is 24.1 Å². The highest BCUT2D eigenvalue weighted by atomic mass is 32.2. The van der Waals surface area contributed by atoms with Gasteiger partial charge in [0.2, 0.25) is 10.0 Å². The summed E-state index contributed by atoms with van der Waals surface area (Å²) in [6.07, 6.45) is 1.52. The van der Waals surface area contributed by atoms with Crippen LogP contribution in [-0.4, -0.2) is 58.4 Å². The Hall–Kier alpha value is -2.84. The molecule has 0 bridgehead atoms. The standard InChI is InChI=1S/C21H28N4O3S/c1-6-15-25(5)29(27,28)20-13-9-18(10-14-20)22-21(26)24(4)16-17-7-11-19(12-8-17)23(2)3/h6-14H,1,15-16H2,2-5H3,(H,22,26). The van der Waals surface area contributed by atoms with Gasteiger partial charge in [-0.15, -0.1) is 6.58 Å². The number of sulfonamides is 1. The lowest BCUT2D eigenvalue weighted by Crippen LogP contribution is -2.31. The maximum absolute atomic E-state index is 12.4. The van der Waals surface area contributed by atoms with E-state index < -0.39 is 10.0 Å². The highest BCUT2D eigenvalue weighted by molar-refractivity contribution is 7.89. The van der Waals surface area contributed by atoms with Gasteiger partial charge in [0, 0.05) is 52.7 Å². The fraction of sp³-hybridized carbons (Fsp3) is 0.286. The molecule has 0 aromatic heterocycles. The van der Waals surface area contributed by atoms with Gasteiger partial charge < -0.3 is 15.1 Å². The molecule has 0 heterocycles. The van der Waals surface area contributed by atoms with Gasteiger partial charge in [0.1, 0.15) is 0 Å². The first-order chi connectivity index (χ1) is 13.6. The third-order valence-electron chi connectivity index (χ3n) is 4.42. The first kappa shape index (κ1) is 22.4. The van der Waals surface area contributed by atoms with Gasteiger partial charge in [-0.05, 0) is 42.0 Å². The van der Waals surface area contributed by atoms with E-state index in [4.69, 9.17) is 0 Å². The summed E-state index contributed by atoms with van der Waals surface area (Å²) < 4.78 is 26.0. The summed E-state index contributed by atoms with van der Waals surface area (Å²) in [5.74, 6) is 0. The molecule has 7 nitrogen and oxygen atoms in total. The minimum atomic E-state index is -3.58. The van der Waals surface area contributed by atoms with Gasteiger partial charge in [-0.2, -0.15) is 4.31 Å². The molecule has 0 atom stereocenters. The average Bonchev–Trinajstić information content (AvgIpc) is 2.69. The Balaban J connectivity index is 2.00. The molecule has 156 valence electrons. The largest absolute Gasteiger partial charge is 0.378 e. The summed E-state index contributed by atoms with van der Waals surface area (Å²) in [5.41, 5.74) is 2.63. The quantitative estimate of drug-likeness (QED) is 0.671. The van der Waals surface area contributed by atoms with Crippen molar-refractivity contribution in [3.8, 4) is 0 Å². The van der Waals surface area contributed by atoms with Crippen LogP contribution in [0.25, 0.3) is 0 Å². The molecule has 1 N–H and O–H groups in total. The molecule has 2 aromatic rings. The third kappa shape index (κ3) is 5.82. The van der Waals surface area contributed by atoms with Crippen LogP contribution in [-0.2, 0) is 16.6 Å². The lowest BCUT2D eigenvalue weighted by Gasteiger charge is -2.19. The SMILES string of the molecule is C=CCN(C)S(=O)(=O)c1ccc(NC(=O)N(C)Cc2ccc(N(C)C)cc2)cc1. The zero-order valence-corrected chi connectivity index (χ0v) is 18.1. The molecule has 0 saturated heterocycles. The van der Waals surface area contributed by atoms with E-state index in [9.17, 15) is 13.2 Å². The van der Waals surface area contributed by atoms with Gasteiger partial charge in [0.05, 0.1) is 4.90 Å². The highest BCUT2D eigenvalue weighted by Gasteiger charge is 2.19. The minimum absolute atomic E-state index is 0.161. The molecular weight excluding hydrogens is 388 g/mol. The molecule has 0 aliphatic heterocycles. The zero-order valence-electron chi connectivity index (χ0n) is 17.3. The van der Waals surface area contributed by atoms with Crippen LogP contribution in [0, 0.1) is 0 Å². The van der Waals surface area contributed by atoms with Crippen molar-refractivity contribution in [3.05, 3.63) is 66.7 Å². The molecule has 2 amide bonds. The lowest BCUT2D eigenvalue weighted by molar-refractivity contribution is 0.220. The molecule has 0 saturated carbocycles. The molecular formula is C21H28N4O3S. The number of nitrogens with zero attached hydrogens (tertiary/aromatic N) is 3. The van der Waals surface area contributed by atoms with E-state index in [1.807, 2.05) is 43.3 Å². The van der Waals surface area contributed by atoms with Crippen LogP contribution in [0.3, 0.4) is 0 Å². The van der Waals surface area contributed by atoms with E-state index in [0.717, 1.165) is 11.3 Å². The van der Waals surface area contributed by atoms with Crippen LogP contribution in [0.2, 0.25) is 0 Å². The molecule has 0 aliphatic carbocycles. The smallest absolute Gasteiger partial charge is 0.321 e. The zero-order chi connectivity index (χ0) is 21.6. The fourth-order valence-electron chi connectivity index (χ4n) is 2.63. The monoisotopic (exact) mass is 416 g/mol. The molecule has 0 aliphatic rings. The molecule has 0 fully saturated rings. The van der Waals surface area contributed by atoms with Crippen LogP contribution in [0.15, 0.2) is 66.1 Å². The average molecular weight is 417 g/mol. The molecule has 2 rings (SSSR count). The number of anilines is 2. The van der Waals surface area contributed by atoms with Gasteiger partial charge in [-0.3, -0.25) is 0 Å². The van der Waals surface area contributed by atoms with Crippen molar-refractivity contribution in [1.82, 2.24) is 9.21 Å². The summed E-state index contributed by atoms with van der Waals surface area (Å²) in [7, 11) is 3.57. The number of amides is 2. The first-order valence-electron chi connectivity index (χ1n) is 9.11. The first-order valence-corrected chi connectivity index (χ1v) is 10.5. The maximum atomic E-state index is 12.4. The third-order valence-corrected chi connectivity index (χ3v) is 6.26. The second-order valence-corrected chi connectivity index (χ2v) is 8.99. The van der Waals surface area contributed by atoms with Gasteiger partial charge >= 0.3 is 6.03 Å². The number of hydrogen-bond acceptors (Lipinski definition) is 4. The number of benzene rings is 2. The fourth-order valence-corrected chi connectivity index (χ4v) is 3.78. The minimum Gasteiger partial charge on any atom is -0.378 e. The van der Waals surface area contributed by atoms with Crippen molar-refractivity contribution in [2.24, 2.45) is 0 Å². The lowest BCUT2D eigenvalue weighted by atomic mass is 10.2. The van der Waals surface area contributed by atoms with Crippen molar-refractivity contribution in [2.45, 2.75) is 11.4 Å². The van der Waals surface area contributed by atoms with Crippen molar-refractivity contribution in [2.75, 3.05) is 45.0 Å². The Labute approximate surface area is 173 Å². The summed E-state index contributed by atoms with van der Waals surface area (Å²) in [6, 6.07) is 13.8. The Kier molecular flexibility index (Phi) is 7.41. The summed E-state index contributed by atoms with van der Waals surface area (Å²) in [4.78, 5) is 16.2. The molecule has 0 radical (unpaired) electrons. The van der Waals surface area contributed by atoms with E-state index >= 15 is 0 Å². The molecule has 0 unspecified atom stereocenters. The van der Waals surface area contributed by atoms with Crippen LogP contribution in [0.4, 0.5) is 16.2 Å². The number of carbonyl (C=O) groups excluding carboxylic acids is 1. The van der Waals surface area contributed by atoms with Gasteiger partial charge in [-0.1, -0.05) is 18.2 Å². The molecule has 8 heteroatoms. The van der Waals surface area contributed by atoms with Crippen LogP contribution in [0.5, 0.6) is 0 Å². The second kappa shape index (κ2) is 9.58. The van der Waals surface area contributed by atoms with Crippen LogP contribution >= 0.6 is 0 Å². The highest BCUT2D eigenvalue weighted by Crippen LogP contribution is 2.18. The Morgan fingerprint density at radius 1 is 1.00 bits per heavy atom. The van der Waals surface area contributed by atoms with E-state index in [1.165, 1.54) is 29.6 Å². The number of carbonyl (C=O) groups is 1. The van der Waals surface area contributed by atoms with Crippen molar-refractivity contribution in [1.29, 1.82) is 0 Å². The van der Waals surface area contributed by atoms with Crippen molar-refractivity contribution < 1.29 is 13.2 Å². The maximum Gasteiger partial charge on any atom is 0.321 e. The predicted molar refractivity (Wildman–Crippen MR) is 118 cm³/mol. The van der Waals surface area contributed by atoms with Gasteiger partial charge in [-0.25, -0.2) is 13.2 Å². The van der Waals surface area contributed by atoms with Gasteiger partial charge in [0.15, 0.2) is 0 Å². The number of nitrogens with one attached hydrogen (secondary N) is 1. The number of rotatable bonds is 8. The predicted octanol–water partition coefficient (Wildman–Crippen LogP) is 3.22. The van der Waals surface area contributed by atoms with E-state index in [2.05, 4.69) is 11.9 Å². The van der Waals surface area contributed by atoms with Crippen LogP contribution < -0.4 is 10.2 Å². The van der Waals surface area contributed by atoms with Gasteiger partial charge in [0.25, 0.3) is 0 Å². The molecule has 29 heavy (non-hydrogen) atoms. The molecule has 0 spiro atoms. The number of hydrogen-bond donors (Lipinski definition) is 1. The summed E-state index contributed by atoms with van der Waals surface area (Å²) >= 11 is 0. The van der Waals surface area contributed by atoms with Crippen molar-refractivity contribution in [3.63, 3.8) is 0 Å². The molecule has 2 aromatic carbocycles.